The second-order valence-corrected chi connectivity index (χ2v) is 6.58. The van der Waals surface area contributed by atoms with Crippen LogP contribution >= 0.6 is 0 Å². The molecule has 1 N–H and O–H groups in total. The van der Waals surface area contributed by atoms with Crippen molar-refractivity contribution in [2.24, 2.45) is 0 Å². The SMILES string of the molecule is CCCCCCCC(CCCCC)OC(=O)c1ccccc1C(=O)O. The van der Waals surface area contributed by atoms with Crippen molar-refractivity contribution in [2.75, 3.05) is 0 Å². The van der Waals surface area contributed by atoms with Crippen molar-refractivity contribution in [3.05, 3.63) is 35.4 Å². The van der Waals surface area contributed by atoms with Gasteiger partial charge in [-0.3, -0.25) is 0 Å². The number of carboxylic acids is 1. The smallest absolute Gasteiger partial charge is 0.339 e. The third-order valence-corrected chi connectivity index (χ3v) is 4.41. The maximum atomic E-state index is 12.5. The first-order valence-electron chi connectivity index (χ1n) is 9.63. The Morgan fingerprint density at radius 1 is 0.880 bits per heavy atom. The Morgan fingerprint density at radius 3 is 2.00 bits per heavy atom. The molecule has 0 saturated carbocycles. The van der Waals surface area contributed by atoms with E-state index in [2.05, 4.69) is 13.8 Å². The molecule has 0 saturated heterocycles. The Labute approximate surface area is 151 Å². The van der Waals surface area contributed by atoms with Crippen LogP contribution in [-0.2, 0) is 4.74 Å². The maximum absolute atomic E-state index is 12.5. The Balaban J connectivity index is 2.65. The van der Waals surface area contributed by atoms with Crippen LogP contribution in [0.5, 0.6) is 0 Å². The van der Waals surface area contributed by atoms with Gasteiger partial charge in [-0.05, 0) is 37.8 Å². The lowest BCUT2D eigenvalue weighted by Crippen LogP contribution is -2.20. The van der Waals surface area contributed by atoms with E-state index in [1.807, 2.05) is 0 Å². The largest absolute Gasteiger partial charge is 0.478 e. The molecule has 4 heteroatoms. The van der Waals surface area contributed by atoms with Crippen LogP contribution in [0.15, 0.2) is 24.3 Å². The normalized spacial score (nSPS) is 11.9. The Morgan fingerprint density at radius 2 is 1.40 bits per heavy atom. The van der Waals surface area contributed by atoms with Gasteiger partial charge in [-0.25, -0.2) is 9.59 Å². The molecule has 0 radical (unpaired) electrons. The van der Waals surface area contributed by atoms with Gasteiger partial charge in [0.05, 0.1) is 11.1 Å². The zero-order valence-corrected chi connectivity index (χ0v) is 15.6. The maximum Gasteiger partial charge on any atom is 0.339 e. The van der Waals surface area contributed by atoms with E-state index in [9.17, 15) is 14.7 Å². The van der Waals surface area contributed by atoms with Gasteiger partial charge in [-0.1, -0.05) is 64.5 Å². The van der Waals surface area contributed by atoms with Crippen LogP contribution in [0.3, 0.4) is 0 Å². The first kappa shape index (κ1) is 21.2. The van der Waals surface area contributed by atoms with Crippen LogP contribution in [0.2, 0.25) is 0 Å². The zero-order valence-electron chi connectivity index (χ0n) is 15.6. The van der Waals surface area contributed by atoms with Crippen molar-refractivity contribution < 1.29 is 19.4 Å². The number of unbranched alkanes of at least 4 members (excludes halogenated alkanes) is 6. The average molecular weight is 348 g/mol. The average Bonchev–Trinajstić information content (AvgIpc) is 2.61. The van der Waals surface area contributed by atoms with Gasteiger partial charge in [0.25, 0.3) is 0 Å². The minimum Gasteiger partial charge on any atom is -0.478 e. The second kappa shape index (κ2) is 12.5. The predicted molar refractivity (Wildman–Crippen MR) is 100 cm³/mol. The molecule has 0 aromatic heterocycles. The van der Waals surface area contributed by atoms with Crippen molar-refractivity contribution in [1.29, 1.82) is 0 Å². The van der Waals surface area contributed by atoms with E-state index < -0.39 is 11.9 Å². The lowest BCUT2D eigenvalue weighted by atomic mass is 10.0. The molecule has 1 aromatic carbocycles. The molecule has 0 aliphatic rings. The minimum absolute atomic E-state index is 0.00255. The van der Waals surface area contributed by atoms with E-state index in [0.717, 1.165) is 44.9 Å². The Hall–Kier alpha value is -1.84. The predicted octanol–water partition coefficient (Wildman–Crippen LogP) is 5.85. The molecule has 0 bridgehead atoms. The molecule has 0 spiro atoms. The fraction of sp³-hybridized carbons (Fsp3) is 0.619. The number of hydrogen-bond acceptors (Lipinski definition) is 3. The van der Waals surface area contributed by atoms with Crippen molar-refractivity contribution in [3.8, 4) is 0 Å². The van der Waals surface area contributed by atoms with Gasteiger partial charge in [0, 0.05) is 0 Å². The van der Waals surface area contributed by atoms with Gasteiger partial charge >= 0.3 is 11.9 Å². The second-order valence-electron chi connectivity index (χ2n) is 6.58. The number of carbonyl (C=O) groups is 2. The third-order valence-electron chi connectivity index (χ3n) is 4.41. The molecule has 1 aromatic rings. The molecule has 1 rings (SSSR count). The number of esters is 1. The lowest BCUT2D eigenvalue weighted by molar-refractivity contribution is 0.0244. The van der Waals surface area contributed by atoms with Gasteiger partial charge in [0.15, 0.2) is 0 Å². The number of hydrogen-bond donors (Lipinski definition) is 1. The highest BCUT2D eigenvalue weighted by molar-refractivity contribution is 6.02. The van der Waals surface area contributed by atoms with Crippen molar-refractivity contribution in [3.63, 3.8) is 0 Å². The van der Waals surface area contributed by atoms with E-state index >= 15 is 0 Å². The minimum atomic E-state index is -1.10. The van der Waals surface area contributed by atoms with Crippen LogP contribution in [0, 0.1) is 0 Å². The fourth-order valence-corrected chi connectivity index (χ4v) is 2.92. The number of ether oxygens (including phenoxy) is 1. The summed E-state index contributed by atoms with van der Waals surface area (Å²) in [5, 5.41) is 9.24. The van der Waals surface area contributed by atoms with Crippen LogP contribution in [0.1, 0.15) is 98.8 Å². The zero-order chi connectivity index (χ0) is 18.5. The van der Waals surface area contributed by atoms with Crippen molar-refractivity contribution in [1.82, 2.24) is 0 Å². The van der Waals surface area contributed by atoms with E-state index in [1.54, 1.807) is 12.1 Å². The molecule has 140 valence electrons. The molecule has 1 unspecified atom stereocenters. The number of benzene rings is 1. The van der Waals surface area contributed by atoms with Gasteiger partial charge < -0.3 is 9.84 Å². The van der Waals surface area contributed by atoms with E-state index in [0.29, 0.717) is 0 Å². The fourth-order valence-electron chi connectivity index (χ4n) is 2.92. The molecule has 0 aliphatic heterocycles. The monoisotopic (exact) mass is 348 g/mol. The summed E-state index contributed by atoms with van der Waals surface area (Å²) in [4.78, 5) is 23.8. The van der Waals surface area contributed by atoms with Crippen LogP contribution in [-0.4, -0.2) is 23.1 Å². The molecule has 1 atom stereocenters. The molecule has 25 heavy (non-hydrogen) atoms. The summed E-state index contributed by atoms with van der Waals surface area (Å²) < 4.78 is 5.68. The molecule has 4 nitrogen and oxygen atoms in total. The Kier molecular flexibility index (Phi) is 10.6. The Bertz CT molecular complexity index is 524. The topological polar surface area (TPSA) is 63.6 Å². The van der Waals surface area contributed by atoms with E-state index in [1.165, 1.54) is 31.4 Å². The van der Waals surface area contributed by atoms with Gasteiger partial charge in [-0.15, -0.1) is 0 Å². The lowest BCUT2D eigenvalue weighted by Gasteiger charge is -2.18. The molecular weight excluding hydrogens is 316 g/mol. The van der Waals surface area contributed by atoms with E-state index in [-0.39, 0.29) is 17.2 Å². The highest BCUT2D eigenvalue weighted by Gasteiger charge is 2.20. The standard InChI is InChI=1S/C21H32O4/c1-3-5-7-8-10-14-17(13-9-6-4-2)25-21(24)19-16-12-11-15-18(19)20(22)23/h11-12,15-17H,3-10,13-14H2,1-2H3,(H,22,23). The number of aromatic carboxylic acids is 1. The molecule has 0 aliphatic carbocycles. The van der Waals surface area contributed by atoms with Crippen LogP contribution in [0.25, 0.3) is 0 Å². The van der Waals surface area contributed by atoms with Crippen LogP contribution in [0.4, 0.5) is 0 Å². The first-order chi connectivity index (χ1) is 12.1. The van der Waals surface area contributed by atoms with E-state index in [4.69, 9.17) is 4.74 Å². The number of rotatable bonds is 13. The highest BCUT2D eigenvalue weighted by Crippen LogP contribution is 2.18. The summed E-state index contributed by atoms with van der Waals surface area (Å²) in [6.07, 6.45) is 10.7. The van der Waals surface area contributed by atoms with Crippen LogP contribution < -0.4 is 0 Å². The summed E-state index contributed by atoms with van der Waals surface area (Å²) in [6.45, 7) is 4.34. The van der Waals surface area contributed by atoms with Gasteiger partial charge in [-0.2, -0.15) is 0 Å². The molecule has 0 fully saturated rings. The first-order valence-corrected chi connectivity index (χ1v) is 9.63. The summed E-state index contributed by atoms with van der Waals surface area (Å²) in [5.41, 5.74) is 0.143. The molecular formula is C21H32O4. The molecule has 0 amide bonds. The van der Waals surface area contributed by atoms with Crippen molar-refractivity contribution in [2.45, 2.75) is 84.2 Å². The molecule has 0 heterocycles. The van der Waals surface area contributed by atoms with Crippen molar-refractivity contribution >= 4 is 11.9 Å². The van der Waals surface area contributed by atoms with Gasteiger partial charge in [0.1, 0.15) is 6.10 Å². The summed E-state index contributed by atoms with van der Waals surface area (Å²) in [5.74, 6) is -1.62. The highest BCUT2D eigenvalue weighted by atomic mass is 16.5. The summed E-state index contributed by atoms with van der Waals surface area (Å²) in [7, 11) is 0. The third kappa shape index (κ3) is 8.19. The van der Waals surface area contributed by atoms with Gasteiger partial charge in [0.2, 0.25) is 0 Å². The quantitative estimate of drug-likeness (QED) is 0.359. The summed E-state index contributed by atoms with van der Waals surface area (Å²) >= 11 is 0. The number of carbonyl (C=O) groups excluding carboxylic acids is 1. The summed E-state index contributed by atoms with van der Waals surface area (Å²) in [6, 6.07) is 6.25. The number of carboxylic acid groups (broad SMARTS) is 1.